The maximum atomic E-state index is 11.7. The van der Waals surface area contributed by atoms with Gasteiger partial charge in [-0.15, -0.1) is 0 Å². The van der Waals surface area contributed by atoms with Crippen molar-refractivity contribution in [1.29, 1.82) is 5.26 Å². The van der Waals surface area contributed by atoms with Crippen molar-refractivity contribution in [3.63, 3.8) is 0 Å². The van der Waals surface area contributed by atoms with Crippen molar-refractivity contribution >= 4 is 5.91 Å². The molecule has 0 heterocycles. The molecular formula is C11H20N2O2. The van der Waals surface area contributed by atoms with Crippen LogP contribution >= 0.6 is 0 Å². The quantitative estimate of drug-likeness (QED) is 0.722. The van der Waals surface area contributed by atoms with E-state index in [2.05, 4.69) is 5.32 Å². The Balaban J connectivity index is 4.09. The molecule has 15 heavy (non-hydrogen) atoms. The minimum atomic E-state index is -0.910. The molecule has 0 aromatic rings. The fraction of sp³-hybridized carbons (Fsp3) is 0.818. The number of carbonyl (C=O) groups is 1. The van der Waals surface area contributed by atoms with Crippen LogP contribution in [0.3, 0.4) is 0 Å². The summed E-state index contributed by atoms with van der Waals surface area (Å²) in [5.41, 5.74) is -0.910. The minimum absolute atomic E-state index is 0.199. The van der Waals surface area contributed by atoms with Crippen LogP contribution in [0.2, 0.25) is 0 Å². The minimum Gasteiger partial charge on any atom is -0.384 e. The van der Waals surface area contributed by atoms with Crippen molar-refractivity contribution in [2.45, 2.75) is 27.2 Å². The maximum Gasteiger partial charge on any atom is 0.240 e. The van der Waals surface area contributed by atoms with E-state index >= 15 is 0 Å². The number of nitrogens with zero attached hydrogens (tertiary/aromatic N) is 1. The summed E-state index contributed by atoms with van der Waals surface area (Å²) in [7, 11) is 1.63. The number of hydrogen-bond donors (Lipinski definition) is 1. The van der Waals surface area contributed by atoms with Crippen molar-refractivity contribution in [3.8, 4) is 6.07 Å². The van der Waals surface area contributed by atoms with E-state index in [4.69, 9.17) is 10.00 Å². The molecule has 0 aromatic heterocycles. The fourth-order valence-electron chi connectivity index (χ4n) is 1.10. The van der Waals surface area contributed by atoms with E-state index in [1.54, 1.807) is 14.0 Å². The highest BCUT2D eigenvalue weighted by Crippen LogP contribution is 2.19. The Bertz CT molecular complexity index is 247. The number of carbonyl (C=O) groups excluding carboxylic acids is 1. The summed E-state index contributed by atoms with van der Waals surface area (Å²) < 4.78 is 4.96. The second-order valence-corrected chi connectivity index (χ2v) is 4.07. The molecular weight excluding hydrogens is 192 g/mol. The largest absolute Gasteiger partial charge is 0.384 e. The van der Waals surface area contributed by atoms with Gasteiger partial charge in [-0.25, -0.2) is 0 Å². The van der Waals surface area contributed by atoms with Crippen molar-refractivity contribution in [3.05, 3.63) is 0 Å². The lowest BCUT2D eigenvalue weighted by Gasteiger charge is -2.20. The van der Waals surface area contributed by atoms with Crippen molar-refractivity contribution < 1.29 is 9.53 Å². The standard InChI is InChI=1S/C11H20N2O2/c1-5-11(3,8-12)10(14)13-6-9(2)7-15-4/h9H,5-7H2,1-4H3,(H,13,14). The van der Waals surface area contributed by atoms with E-state index in [0.717, 1.165) is 0 Å². The molecule has 4 nitrogen and oxygen atoms in total. The van der Waals surface area contributed by atoms with Crippen LogP contribution in [0, 0.1) is 22.7 Å². The summed E-state index contributed by atoms with van der Waals surface area (Å²) in [5, 5.41) is 11.7. The molecule has 2 unspecified atom stereocenters. The van der Waals surface area contributed by atoms with Crippen molar-refractivity contribution in [1.82, 2.24) is 5.32 Å². The molecule has 0 radical (unpaired) electrons. The number of methoxy groups -OCH3 is 1. The van der Waals surface area contributed by atoms with Gasteiger partial charge in [-0.05, 0) is 19.3 Å². The summed E-state index contributed by atoms with van der Waals surface area (Å²) >= 11 is 0. The van der Waals surface area contributed by atoms with E-state index < -0.39 is 5.41 Å². The van der Waals surface area contributed by atoms with Gasteiger partial charge in [0, 0.05) is 13.7 Å². The first-order valence-electron chi connectivity index (χ1n) is 5.18. The van der Waals surface area contributed by atoms with E-state index in [1.807, 2.05) is 19.9 Å². The van der Waals surface area contributed by atoms with Crippen LogP contribution in [0.4, 0.5) is 0 Å². The van der Waals surface area contributed by atoms with Gasteiger partial charge in [0.1, 0.15) is 5.41 Å². The smallest absolute Gasteiger partial charge is 0.240 e. The Hall–Kier alpha value is -1.08. The highest BCUT2D eigenvalue weighted by atomic mass is 16.5. The van der Waals surface area contributed by atoms with Gasteiger partial charge >= 0.3 is 0 Å². The molecule has 0 aliphatic carbocycles. The average Bonchev–Trinajstić information content (AvgIpc) is 2.25. The Kier molecular flexibility index (Phi) is 5.95. The molecule has 0 rings (SSSR count). The van der Waals surface area contributed by atoms with Crippen molar-refractivity contribution in [2.24, 2.45) is 11.3 Å². The number of ether oxygens (including phenoxy) is 1. The lowest BCUT2D eigenvalue weighted by atomic mass is 9.88. The molecule has 0 fully saturated rings. The predicted octanol–water partition coefficient (Wildman–Crippen LogP) is 1.32. The highest BCUT2D eigenvalue weighted by molar-refractivity contribution is 5.84. The SMILES string of the molecule is CCC(C)(C#N)C(=O)NCC(C)COC. The molecule has 0 saturated carbocycles. The van der Waals surface area contributed by atoms with Crippen LogP contribution in [0.25, 0.3) is 0 Å². The second kappa shape index (κ2) is 6.41. The van der Waals surface area contributed by atoms with E-state index in [1.165, 1.54) is 0 Å². The predicted molar refractivity (Wildman–Crippen MR) is 58.1 cm³/mol. The zero-order valence-corrected chi connectivity index (χ0v) is 9.96. The maximum absolute atomic E-state index is 11.7. The molecule has 0 bridgehead atoms. The topological polar surface area (TPSA) is 62.1 Å². The Morgan fingerprint density at radius 1 is 1.67 bits per heavy atom. The van der Waals surface area contributed by atoms with Gasteiger partial charge in [-0.2, -0.15) is 5.26 Å². The summed E-state index contributed by atoms with van der Waals surface area (Å²) in [6.45, 7) is 6.63. The van der Waals surface area contributed by atoms with Crippen LogP contribution in [0.5, 0.6) is 0 Å². The summed E-state index contributed by atoms with van der Waals surface area (Å²) in [6, 6.07) is 2.04. The zero-order chi connectivity index (χ0) is 11.9. The van der Waals surface area contributed by atoms with Gasteiger partial charge in [0.2, 0.25) is 5.91 Å². The molecule has 2 atom stereocenters. The molecule has 86 valence electrons. The fourth-order valence-corrected chi connectivity index (χ4v) is 1.10. The third kappa shape index (κ3) is 4.30. The van der Waals surface area contributed by atoms with Crippen LogP contribution < -0.4 is 5.32 Å². The average molecular weight is 212 g/mol. The molecule has 0 aliphatic heterocycles. The van der Waals surface area contributed by atoms with Gasteiger partial charge in [0.15, 0.2) is 0 Å². The van der Waals surface area contributed by atoms with Gasteiger partial charge in [-0.1, -0.05) is 13.8 Å². The lowest BCUT2D eigenvalue weighted by molar-refractivity contribution is -0.127. The van der Waals surface area contributed by atoms with Gasteiger partial charge in [0.05, 0.1) is 12.7 Å². The Morgan fingerprint density at radius 2 is 2.27 bits per heavy atom. The highest BCUT2D eigenvalue weighted by Gasteiger charge is 2.30. The zero-order valence-electron chi connectivity index (χ0n) is 9.96. The summed E-state index contributed by atoms with van der Waals surface area (Å²) in [4.78, 5) is 11.7. The first-order valence-corrected chi connectivity index (χ1v) is 5.18. The molecule has 1 N–H and O–H groups in total. The Labute approximate surface area is 91.6 Å². The number of nitrogens with one attached hydrogen (secondary N) is 1. The number of rotatable bonds is 6. The van der Waals surface area contributed by atoms with Crippen LogP contribution in [0.1, 0.15) is 27.2 Å². The molecule has 0 saturated heterocycles. The molecule has 0 spiro atoms. The third-order valence-electron chi connectivity index (χ3n) is 2.52. The monoisotopic (exact) mass is 212 g/mol. The first kappa shape index (κ1) is 13.9. The van der Waals surface area contributed by atoms with Crippen LogP contribution in [-0.2, 0) is 9.53 Å². The van der Waals surface area contributed by atoms with Crippen LogP contribution in [0.15, 0.2) is 0 Å². The van der Waals surface area contributed by atoms with Crippen LogP contribution in [-0.4, -0.2) is 26.2 Å². The third-order valence-corrected chi connectivity index (χ3v) is 2.52. The number of amides is 1. The lowest BCUT2D eigenvalue weighted by Crippen LogP contribution is -2.40. The molecule has 0 aromatic carbocycles. The first-order chi connectivity index (χ1) is 7.00. The van der Waals surface area contributed by atoms with E-state index in [0.29, 0.717) is 19.6 Å². The van der Waals surface area contributed by atoms with Gasteiger partial charge < -0.3 is 10.1 Å². The normalized spacial score (nSPS) is 16.2. The Morgan fingerprint density at radius 3 is 2.67 bits per heavy atom. The number of hydrogen-bond acceptors (Lipinski definition) is 3. The van der Waals surface area contributed by atoms with Gasteiger partial charge in [0.25, 0.3) is 0 Å². The van der Waals surface area contributed by atoms with E-state index in [-0.39, 0.29) is 11.8 Å². The summed E-state index contributed by atoms with van der Waals surface area (Å²) in [6.07, 6.45) is 0.522. The van der Waals surface area contributed by atoms with Crippen molar-refractivity contribution in [2.75, 3.05) is 20.3 Å². The van der Waals surface area contributed by atoms with E-state index in [9.17, 15) is 4.79 Å². The second-order valence-electron chi connectivity index (χ2n) is 4.07. The number of nitriles is 1. The summed E-state index contributed by atoms with van der Waals surface area (Å²) in [5.74, 6) is 0.0641. The molecule has 4 heteroatoms. The molecule has 1 amide bonds. The molecule has 0 aliphatic rings. The van der Waals surface area contributed by atoms with Gasteiger partial charge in [-0.3, -0.25) is 4.79 Å².